The fourth-order valence-electron chi connectivity index (χ4n) is 1.80. The topological polar surface area (TPSA) is 54.7 Å². The number of nitrogens with zero attached hydrogens (tertiary/aromatic N) is 1. The van der Waals surface area contributed by atoms with Gasteiger partial charge in [0.15, 0.2) is 0 Å². The number of rotatable bonds is 1. The van der Waals surface area contributed by atoms with E-state index in [-0.39, 0.29) is 5.69 Å². The number of fused-ring (bicyclic) bond motifs is 1. The van der Waals surface area contributed by atoms with E-state index in [1.54, 1.807) is 18.3 Å². The third kappa shape index (κ3) is 1.63. The molecule has 0 radical (unpaired) electrons. The van der Waals surface area contributed by atoms with Crippen LogP contribution in [0.4, 0.5) is 10.1 Å². The fourth-order valence-corrected chi connectivity index (χ4v) is 1.80. The van der Waals surface area contributed by atoms with Gasteiger partial charge in [-0.2, -0.15) is 0 Å². The molecule has 0 amide bonds. The Kier molecular flexibility index (Phi) is 2.08. The van der Waals surface area contributed by atoms with Crippen molar-refractivity contribution in [2.24, 2.45) is 0 Å². The third-order valence-electron chi connectivity index (χ3n) is 2.73. The maximum Gasteiger partial charge on any atom is 0.146 e. The maximum atomic E-state index is 13.4. The van der Waals surface area contributed by atoms with Crippen LogP contribution in [0.2, 0.25) is 0 Å². The van der Waals surface area contributed by atoms with Gasteiger partial charge in [0.25, 0.3) is 0 Å². The summed E-state index contributed by atoms with van der Waals surface area (Å²) in [6.07, 6.45) is 3.54. The molecule has 3 rings (SSSR count). The lowest BCUT2D eigenvalue weighted by Crippen LogP contribution is -1.90. The van der Waals surface area contributed by atoms with Gasteiger partial charge >= 0.3 is 0 Å². The average molecular weight is 227 g/mol. The fraction of sp³-hybridized carbons (Fsp3) is 0. The van der Waals surface area contributed by atoms with Crippen LogP contribution in [-0.2, 0) is 0 Å². The molecule has 0 aliphatic heterocycles. The highest BCUT2D eigenvalue weighted by Gasteiger charge is 2.04. The van der Waals surface area contributed by atoms with Crippen molar-refractivity contribution in [3.8, 4) is 11.1 Å². The largest absolute Gasteiger partial charge is 0.396 e. The van der Waals surface area contributed by atoms with E-state index in [9.17, 15) is 4.39 Å². The van der Waals surface area contributed by atoms with Crippen molar-refractivity contribution in [1.29, 1.82) is 0 Å². The van der Waals surface area contributed by atoms with Crippen molar-refractivity contribution in [2.75, 3.05) is 5.73 Å². The molecule has 0 saturated heterocycles. The summed E-state index contributed by atoms with van der Waals surface area (Å²) in [6.45, 7) is 0. The van der Waals surface area contributed by atoms with Gasteiger partial charge in [-0.3, -0.25) is 0 Å². The molecule has 3 aromatic rings. The summed E-state index contributed by atoms with van der Waals surface area (Å²) in [6, 6.07) is 8.66. The molecule has 0 bridgehead atoms. The highest BCUT2D eigenvalue weighted by atomic mass is 19.1. The molecular weight excluding hydrogens is 217 g/mol. The van der Waals surface area contributed by atoms with Crippen molar-refractivity contribution in [3.05, 3.63) is 48.5 Å². The quantitative estimate of drug-likeness (QED) is 0.628. The Bertz CT molecular complexity index is 688. The summed E-state index contributed by atoms with van der Waals surface area (Å²) >= 11 is 0. The maximum absolute atomic E-state index is 13.4. The number of hydrogen-bond acceptors (Lipinski definition) is 2. The van der Waals surface area contributed by atoms with Crippen LogP contribution in [0.1, 0.15) is 0 Å². The number of aromatic amines is 1. The van der Waals surface area contributed by atoms with Gasteiger partial charge in [0, 0.05) is 23.3 Å². The first-order valence-electron chi connectivity index (χ1n) is 5.22. The smallest absolute Gasteiger partial charge is 0.146 e. The van der Waals surface area contributed by atoms with Crippen molar-refractivity contribution >= 4 is 16.7 Å². The van der Waals surface area contributed by atoms with Gasteiger partial charge in [-0.25, -0.2) is 9.37 Å². The molecule has 17 heavy (non-hydrogen) atoms. The molecule has 84 valence electrons. The highest BCUT2D eigenvalue weighted by molar-refractivity contribution is 5.81. The Labute approximate surface area is 97.1 Å². The molecule has 4 heteroatoms. The molecule has 0 aliphatic rings. The molecule has 0 unspecified atom stereocenters. The van der Waals surface area contributed by atoms with Crippen LogP contribution in [0.25, 0.3) is 22.2 Å². The number of pyridine rings is 1. The van der Waals surface area contributed by atoms with Crippen LogP contribution in [0.5, 0.6) is 0 Å². The molecule has 2 heterocycles. The second-order valence-corrected chi connectivity index (χ2v) is 3.88. The van der Waals surface area contributed by atoms with Crippen LogP contribution in [-0.4, -0.2) is 9.97 Å². The van der Waals surface area contributed by atoms with E-state index in [1.807, 2.05) is 18.3 Å². The minimum Gasteiger partial charge on any atom is -0.396 e. The number of nitrogen functional groups attached to an aromatic ring is 1. The Morgan fingerprint density at radius 2 is 2.00 bits per heavy atom. The minimum atomic E-state index is -0.406. The van der Waals surface area contributed by atoms with E-state index < -0.39 is 5.82 Å². The summed E-state index contributed by atoms with van der Waals surface area (Å²) < 4.78 is 13.4. The van der Waals surface area contributed by atoms with E-state index in [1.165, 1.54) is 6.07 Å². The van der Waals surface area contributed by atoms with E-state index in [4.69, 9.17) is 5.73 Å². The standard InChI is InChI=1S/C13H10FN3/c14-11-6-8(1-2-12(11)15)10-5-9-3-4-16-13(9)17-7-10/h1-7H,15H2,(H,16,17). The van der Waals surface area contributed by atoms with Gasteiger partial charge in [-0.15, -0.1) is 0 Å². The normalized spacial score (nSPS) is 10.9. The van der Waals surface area contributed by atoms with Crippen molar-refractivity contribution in [2.45, 2.75) is 0 Å². The lowest BCUT2D eigenvalue weighted by Gasteiger charge is -2.03. The molecule has 0 atom stereocenters. The molecular formula is C13H10FN3. The summed E-state index contributed by atoms with van der Waals surface area (Å²) in [4.78, 5) is 7.27. The summed E-state index contributed by atoms with van der Waals surface area (Å²) in [7, 11) is 0. The van der Waals surface area contributed by atoms with E-state index in [0.29, 0.717) is 0 Å². The molecule has 3 N–H and O–H groups in total. The number of H-pyrrole nitrogens is 1. The molecule has 0 fully saturated rings. The summed E-state index contributed by atoms with van der Waals surface area (Å²) in [5.41, 5.74) is 8.07. The lowest BCUT2D eigenvalue weighted by atomic mass is 10.1. The van der Waals surface area contributed by atoms with Crippen LogP contribution in [0.15, 0.2) is 42.7 Å². The van der Waals surface area contributed by atoms with E-state index in [2.05, 4.69) is 9.97 Å². The van der Waals surface area contributed by atoms with E-state index >= 15 is 0 Å². The second kappa shape index (κ2) is 3.59. The van der Waals surface area contributed by atoms with Crippen molar-refractivity contribution in [3.63, 3.8) is 0 Å². The first-order valence-corrected chi connectivity index (χ1v) is 5.22. The van der Waals surface area contributed by atoms with E-state index in [0.717, 1.165) is 22.2 Å². The number of benzene rings is 1. The predicted molar refractivity (Wildman–Crippen MR) is 65.9 cm³/mol. The minimum absolute atomic E-state index is 0.157. The number of hydrogen-bond donors (Lipinski definition) is 2. The Hall–Kier alpha value is -2.36. The first-order chi connectivity index (χ1) is 8.24. The molecule has 2 aromatic heterocycles. The van der Waals surface area contributed by atoms with Crippen LogP contribution in [0, 0.1) is 5.82 Å². The van der Waals surface area contributed by atoms with Gasteiger partial charge in [-0.1, -0.05) is 6.07 Å². The van der Waals surface area contributed by atoms with Crippen LogP contribution < -0.4 is 5.73 Å². The SMILES string of the molecule is Nc1ccc(-c2cnc3[nH]ccc3c2)cc1F. The second-order valence-electron chi connectivity index (χ2n) is 3.88. The zero-order valence-electron chi connectivity index (χ0n) is 8.94. The third-order valence-corrected chi connectivity index (χ3v) is 2.73. The molecule has 0 aliphatic carbocycles. The number of aromatic nitrogens is 2. The Morgan fingerprint density at radius 1 is 1.12 bits per heavy atom. The zero-order chi connectivity index (χ0) is 11.8. The average Bonchev–Trinajstić information content (AvgIpc) is 2.79. The Balaban J connectivity index is 2.16. The van der Waals surface area contributed by atoms with Gasteiger partial charge in [-0.05, 0) is 29.8 Å². The number of anilines is 1. The van der Waals surface area contributed by atoms with Gasteiger partial charge in [0.2, 0.25) is 0 Å². The number of nitrogens with one attached hydrogen (secondary N) is 1. The van der Waals surface area contributed by atoms with Gasteiger partial charge in [0.1, 0.15) is 11.5 Å². The molecule has 3 nitrogen and oxygen atoms in total. The van der Waals surface area contributed by atoms with Crippen LogP contribution >= 0.6 is 0 Å². The lowest BCUT2D eigenvalue weighted by molar-refractivity contribution is 0.633. The first kappa shape index (κ1) is 9.84. The highest BCUT2D eigenvalue weighted by Crippen LogP contribution is 2.24. The number of halogens is 1. The predicted octanol–water partition coefficient (Wildman–Crippen LogP) is 2.95. The summed E-state index contributed by atoms with van der Waals surface area (Å²) in [5, 5.41) is 1.000. The Morgan fingerprint density at radius 3 is 2.82 bits per heavy atom. The van der Waals surface area contributed by atoms with Crippen LogP contribution in [0.3, 0.4) is 0 Å². The van der Waals surface area contributed by atoms with Gasteiger partial charge < -0.3 is 10.7 Å². The molecule has 0 saturated carbocycles. The summed E-state index contributed by atoms with van der Waals surface area (Å²) in [5.74, 6) is -0.406. The van der Waals surface area contributed by atoms with Gasteiger partial charge in [0.05, 0.1) is 5.69 Å². The zero-order valence-corrected chi connectivity index (χ0v) is 8.94. The van der Waals surface area contributed by atoms with Crippen molar-refractivity contribution < 1.29 is 4.39 Å². The molecule has 1 aromatic carbocycles. The number of nitrogens with two attached hydrogens (primary N) is 1. The van der Waals surface area contributed by atoms with Crippen molar-refractivity contribution in [1.82, 2.24) is 9.97 Å². The molecule has 0 spiro atoms. The monoisotopic (exact) mass is 227 g/mol.